The lowest BCUT2D eigenvalue weighted by atomic mass is 10.3. The number of ketones is 1. The number of thiophene rings is 1. The highest BCUT2D eigenvalue weighted by Gasteiger charge is 2.12. The molecule has 0 spiro atoms. The van der Waals surface area contributed by atoms with Gasteiger partial charge in [-0.2, -0.15) is 0 Å². The Morgan fingerprint density at radius 3 is 2.40 bits per heavy atom. The SMILES string of the molecule is CS(=O)(=O)c1ccc(SCC(=O)c2sccc2Br)cc1. The van der Waals surface area contributed by atoms with Crippen LogP contribution in [0.5, 0.6) is 0 Å². The molecule has 0 saturated heterocycles. The van der Waals surface area contributed by atoms with Crippen LogP contribution in [0.1, 0.15) is 9.67 Å². The summed E-state index contributed by atoms with van der Waals surface area (Å²) >= 11 is 6.14. The van der Waals surface area contributed by atoms with Crippen LogP contribution in [-0.4, -0.2) is 26.2 Å². The molecule has 0 unspecified atom stereocenters. The molecular formula is C13H11BrO3S3. The summed E-state index contributed by atoms with van der Waals surface area (Å²) in [5, 5.41) is 1.86. The molecule has 0 aliphatic heterocycles. The van der Waals surface area contributed by atoms with Gasteiger partial charge in [0.05, 0.1) is 15.5 Å². The number of carbonyl (C=O) groups is 1. The predicted octanol–water partition coefficient (Wildman–Crippen LogP) is 3.89. The van der Waals surface area contributed by atoms with E-state index in [1.165, 1.54) is 29.4 Å². The molecule has 106 valence electrons. The predicted molar refractivity (Wildman–Crippen MR) is 86.6 cm³/mol. The molecular weight excluding hydrogens is 380 g/mol. The van der Waals surface area contributed by atoms with Gasteiger partial charge in [0.15, 0.2) is 15.6 Å². The Labute approximate surface area is 134 Å². The summed E-state index contributed by atoms with van der Waals surface area (Å²) in [4.78, 5) is 13.9. The van der Waals surface area contributed by atoms with Gasteiger partial charge >= 0.3 is 0 Å². The molecule has 7 heteroatoms. The Morgan fingerprint density at radius 1 is 1.25 bits per heavy atom. The minimum absolute atomic E-state index is 0.0593. The maximum Gasteiger partial charge on any atom is 0.184 e. The molecule has 0 N–H and O–H groups in total. The summed E-state index contributed by atoms with van der Waals surface area (Å²) in [5.74, 6) is 0.390. The van der Waals surface area contributed by atoms with Crippen molar-refractivity contribution in [2.75, 3.05) is 12.0 Å². The van der Waals surface area contributed by atoms with Crippen molar-refractivity contribution in [3.63, 3.8) is 0 Å². The largest absolute Gasteiger partial charge is 0.292 e. The minimum atomic E-state index is -3.17. The summed E-state index contributed by atoms with van der Waals surface area (Å²) in [5.41, 5.74) is 0. The highest BCUT2D eigenvalue weighted by Crippen LogP contribution is 2.26. The molecule has 0 radical (unpaired) electrons. The van der Waals surface area contributed by atoms with E-state index in [1.807, 2.05) is 11.4 Å². The van der Waals surface area contributed by atoms with Crippen LogP contribution in [0.25, 0.3) is 0 Å². The fourth-order valence-corrected chi connectivity index (χ4v) is 4.52. The van der Waals surface area contributed by atoms with E-state index >= 15 is 0 Å². The quantitative estimate of drug-likeness (QED) is 0.573. The molecule has 1 aromatic heterocycles. The van der Waals surface area contributed by atoms with Crippen LogP contribution < -0.4 is 0 Å². The van der Waals surface area contributed by atoms with Gasteiger partial charge in [-0.25, -0.2) is 8.42 Å². The van der Waals surface area contributed by atoms with Crippen molar-refractivity contribution in [2.45, 2.75) is 9.79 Å². The van der Waals surface area contributed by atoms with Gasteiger partial charge in [-0.05, 0) is 51.6 Å². The van der Waals surface area contributed by atoms with E-state index in [2.05, 4.69) is 15.9 Å². The van der Waals surface area contributed by atoms with Gasteiger partial charge < -0.3 is 0 Å². The molecule has 20 heavy (non-hydrogen) atoms. The molecule has 2 rings (SSSR count). The number of rotatable bonds is 5. The number of hydrogen-bond acceptors (Lipinski definition) is 5. The Hall–Kier alpha value is -0.630. The van der Waals surface area contributed by atoms with E-state index in [1.54, 1.807) is 24.3 Å². The second kappa shape index (κ2) is 6.43. The van der Waals surface area contributed by atoms with Crippen molar-refractivity contribution in [3.05, 3.63) is 45.1 Å². The molecule has 0 saturated carbocycles. The number of hydrogen-bond donors (Lipinski definition) is 0. The van der Waals surface area contributed by atoms with Gasteiger partial charge in [0.2, 0.25) is 0 Å². The number of sulfone groups is 1. The van der Waals surface area contributed by atoms with Crippen LogP contribution in [0.15, 0.2) is 50.0 Å². The zero-order valence-corrected chi connectivity index (χ0v) is 14.5. The van der Waals surface area contributed by atoms with Crippen molar-refractivity contribution < 1.29 is 13.2 Å². The van der Waals surface area contributed by atoms with Gasteiger partial charge in [-0.3, -0.25) is 4.79 Å². The van der Waals surface area contributed by atoms with Crippen molar-refractivity contribution >= 4 is 54.6 Å². The first-order valence-corrected chi connectivity index (χ1v) is 10.1. The third-order valence-electron chi connectivity index (χ3n) is 2.49. The van der Waals surface area contributed by atoms with E-state index in [0.29, 0.717) is 10.6 Å². The van der Waals surface area contributed by atoms with Gasteiger partial charge in [0.25, 0.3) is 0 Å². The fourth-order valence-electron chi connectivity index (χ4n) is 1.49. The molecule has 3 nitrogen and oxygen atoms in total. The Balaban J connectivity index is 2.02. The van der Waals surface area contributed by atoms with Gasteiger partial charge in [0.1, 0.15) is 0 Å². The van der Waals surface area contributed by atoms with E-state index in [0.717, 1.165) is 9.37 Å². The van der Waals surface area contributed by atoms with Crippen molar-refractivity contribution in [1.82, 2.24) is 0 Å². The number of benzene rings is 1. The van der Waals surface area contributed by atoms with Crippen LogP contribution in [0.3, 0.4) is 0 Å². The Kier molecular flexibility index (Phi) is 5.06. The smallest absolute Gasteiger partial charge is 0.184 e. The van der Waals surface area contributed by atoms with Gasteiger partial charge in [-0.1, -0.05) is 0 Å². The summed E-state index contributed by atoms with van der Waals surface area (Å²) in [6.45, 7) is 0. The molecule has 1 aromatic carbocycles. The fraction of sp³-hybridized carbons (Fsp3) is 0.154. The number of carbonyl (C=O) groups excluding carboxylic acids is 1. The number of halogens is 1. The van der Waals surface area contributed by atoms with E-state index in [9.17, 15) is 13.2 Å². The standard InChI is InChI=1S/C13H11BrO3S3/c1-20(16,17)10-4-2-9(3-5-10)19-8-12(15)13-11(14)6-7-18-13/h2-7H,8H2,1H3. The summed E-state index contributed by atoms with van der Waals surface area (Å²) in [6.07, 6.45) is 1.17. The molecule has 0 aliphatic rings. The minimum Gasteiger partial charge on any atom is -0.292 e. The lowest BCUT2D eigenvalue weighted by Crippen LogP contribution is -2.00. The average molecular weight is 391 g/mol. The zero-order chi connectivity index (χ0) is 14.8. The van der Waals surface area contributed by atoms with Crippen LogP contribution in [0.4, 0.5) is 0 Å². The zero-order valence-electron chi connectivity index (χ0n) is 10.5. The summed E-state index contributed by atoms with van der Waals surface area (Å²) < 4.78 is 23.5. The molecule has 0 amide bonds. The van der Waals surface area contributed by atoms with Crippen molar-refractivity contribution in [1.29, 1.82) is 0 Å². The number of thioether (sulfide) groups is 1. The first-order valence-electron chi connectivity index (χ1n) is 5.57. The number of Topliss-reactive ketones (excluding diaryl/α,β-unsaturated/α-hetero) is 1. The monoisotopic (exact) mass is 390 g/mol. The first kappa shape index (κ1) is 15.8. The van der Waals surface area contributed by atoms with Crippen LogP contribution >= 0.6 is 39.0 Å². The second-order valence-electron chi connectivity index (χ2n) is 4.05. The maximum atomic E-state index is 12.0. The second-order valence-corrected chi connectivity index (χ2v) is 8.89. The Bertz CT molecular complexity index is 718. The average Bonchev–Trinajstić information content (AvgIpc) is 2.82. The lowest BCUT2D eigenvalue weighted by Gasteiger charge is -2.02. The van der Waals surface area contributed by atoms with Crippen LogP contribution in [-0.2, 0) is 9.84 Å². The summed E-state index contributed by atoms with van der Waals surface area (Å²) in [7, 11) is -3.17. The third-order valence-corrected chi connectivity index (χ3v) is 6.51. The molecule has 0 fully saturated rings. The third kappa shape index (κ3) is 3.94. The molecule has 0 aliphatic carbocycles. The lowest BCUT2D eigenvalue weighted by molar-refractivity contribution is 0.102. The highest BCUT2D eigenvalue weighted by atomic mass is 79.9. The van der Waals surface area contributed by atoms with E-state index in [4.69, 9.17) is 0 Å². The molecule has 0 bridgehead atoms. The van der Waals surface area contributed by atoms with Crippen molar-refractivity contribution in [2.24, 2.45) is 0 Å². The van der Waals surface area contributed by atoms with E-state index in [-0.39, 0.29) is 10.7 Å². The normalized spacial score (nSPS) is 11.5. The van der Waals surface area contributed by atoms with E-state index < -0.39 is 9.84 Å². The Morgan fingerprint density at radius 2 is 1.90 bits per heavy atom. The molecule has 2 aromatic rings. The van der Waals surface area contributed by atoms with Gasteiger partial charge in [-0.15, -0.1) is 23.1 Å². The van der Waals surface area contributed by atoms with Crippen molar-refractivity contribution in [3.8, 4) is 0 Å². The van der Waals surface area contributed by atoms with Crippen LogP contribution in [0.2, 0.25) is 0 Å². The molecule has 0 atom stereocenters. The van der Waals surface area contributed by atoms with Gasteiger partial charge in [0, 0.05) is 15.6 Å². The maximum absolute atomic E-state index is 12.0. The summed E-state index contributed by atoms with van der Waals surface area (Å²) in [6, 6.07) is 8.41. The molecule has 1 heterocycles. The topological polar surface area (TPSA) is 51.2 Å². The first-order chi connectivity index (χ1) is 9.38. The highest BCUT2D eigenvalue weighted by molar-refractivity contribution is 9.10. The van der Waals surface area contributed by atoms with Crippen LogP contribution in [0, 0.1) is 0 Å².